The number of aliphatic hydroxyl groups excluding tert-OH is 1. The summed E-state index contributed by atoms with van der Waals surface area (Å²) in [5.74, 6) is -0.141. The molecule has 0 aliphatic carbocycles. The van der Waals surface area contributed by atoms with Gasteiger partial charge in [0.15, 0.2) is 11.5 Å². The first kappa shape index (κ1) is 21.9. The van der Waals surface area contributed by atoms with Gasteiger partial charge in [-0.05, 0) is 18.2 Å². The minimum atomic E-state index is -0.782. The monoisotopic (exact) mass is 442 g/mol. The number of hydrogen-bond donors (Lipinski definition) is 1. The topological polar surface area (TPSA) is 120 Å². The standard InChI is InChI=1S/C21H18N2O7S/c1-28-15-9-4-6-12(19(15)29-2)10-16-18(24)17(21(25)30-3)20(31-16)22-13-7-5-8-14(11-13)23(26)27/h4-11,24H,1-3H3. The first-order valence-electron chi connectivity index (χ1n) is 8.85. The smallest absolute Gasteiger partial charge is 0.344 e. The quantitative estimate of drug-likeness (QED) is 0.397. The Bertz CT molecular complexity index is 1140. The summed E-state index contributed by atoms with van der Waals surface area (Å²) in [6.07, 6.45) is 1.63. The molecule has 3 rings (SSSR count). The summed E-state index contributed by atoms with van der Waals surface area (Å²) in [4.78, 5) is 27.5. The van der Waals surface area contributed by atoms with Crippen LogP contribution in [0.2, 0.25) is 0 Å². The average Bonchev–Trinajstić information content (AvgIpc) is 3.07. The third kappa shape index (κ3) is 4.53. The number of methoxy groups -OCH3 is 3. The Labute approximate surface area is 181 Å². The number of carbonyl (C=O) groups excluding carboxylic acids is 1. The number of rotatable bonds is 6. The van der Waals surface area contributed by atoms with Crippen LogP contribution in [0.1, 0.15) is 5.56 Å². The van der Waals surface area contributed by atoms with Crippen molar-refractivity contribution >= 4 is 40.2 Å². The Morgan fingerprint density at radius 3 is 2.55 bits per heavy atom. The van der Waals surface area contributed by atoms with Crippen LogP contribution < -0.4 is 9.47 Å². The number of non-ortho nitro benzene ring substituents is 1. The molecule has 1 N–H and O–H groups in total. The molecule has 0 radical (unpaired) electrons. The zero-order chi connectivity index (χ0) is 22.5. The Balaban J connectivity index is 2.10. The zero-order valence-electron chi connectivity index (χ0n) is 16.8. The SMILES string of the molecule is COC(=O)C1=C(O)C(=Cc2cccc(OC)c2OC)SC1=Nc1cccc([N+](=O)[O-])c1. The van der Waals surface area contributed by atoms with Crippen LogP contribution in [0.25, 0.3) is 6.08 Å². The molecule has 1 aliphatic rings. The predicted octanol–water partition coefficient (Wildman–Crippen LogP) is 4.42. The van der Waals surface area contributed by atoms with Gasteiger partial charge in [-0.25, -0.2) is 9.79 Å². The summed E-state index contributed by atoms with van der Waals surface area (Å²) in [5, 5.41) is 21.9. The van der Waals surface area contributed by atoms with Crippen LogP contribution in [-0.2, 0) is 9.53 Å². The molecule has 2 aromatic carbocycles. The molecule has 2 aromatic rings. The molecule has 0 atom stereocenters. The lowest BCUT2D eigenvalue weighted by Gasteiger charge is -2.10. The summed E-state index contributed by atoms with van der Waals surface area (Å²) in [5.41, 5.74) is 0.587. The molecule has 1 heterocycles. The third-order valence-electron chi connectivity index (χ3n) is 4.27. The molecule has 0 spiro atoms. The maximum absolute atomic E-state index is 12.3. The van der Waals surface area contributed by atoms with E-state index in [0.717, 1.165) is 11.8 Å². The van der Waals surface area contributed by atoms with Crippen molar-refractivity contribution in [3.8, 4) is 11.5 Å². The normalized spacial score (nSPS) is 16.0. The molecule has 0 unspecified atom stereocenters. The number of esters is 1. The lowest BCUT2D eigenvalue weighted by Crippen LogP contribution is -2.10. The fraction of sp³-hybridized carbons (Fsp3) is 0.143. The van der Waals surface area contributed by atoms with Crippen molar-refractivity contribution in [1.29, 1.82) is 0 Å². The molecule has 0 amide bonds. The van der Waals surface area contributed by atoms with E-state index in [-0.39, 0.29) is 27.8 Å². The molecule has 0 bridgehead atoms. The van der Waals surface area contributed by atoms with Crippen molar-refractivity contribution in [3.63, 3.8) is 0 Å². The van der Waals surface area contributed by atoms with Gasteiger partial charge in [0.1, 0.15) is 16.4 Å². The maximum Gasteiger partial charge on any atom is 0.344 e. The van der Waals surface area contributed by atoms with Crippen molar-refractivity contribution in [2.45, 2.75) is 0 Å². The van der Waals surface area contributed by atoms with Crippen LogP contribution in [0.4, 0.5) is 11.4 Å². The molecule has 0 aromatic heterocycles. The van der Waals surface area contributed by atoms with Crippen molar-refractivity contribution in [2.75, 3.05) is 21.3 Å². The number of aliphatic hydroxyl groups is 1. The Kier molecular flexibility index (Phi) is 6.61. The summed E-state index contributed by atoms with van der Waals surface area (Å²) in [6, 6.07) is 10.9. The third-order valence-corrected chi connectivity index (χ3v) is 5.29. The van der Waals surface area contributed by atoms with Gasteiger partial charge in [0.2, 0.25) is 0 Å². The second kappa shape index (κ2) is 9.35. The van der Waals surface area contributed by atoms with Gasteiger partial charge in [-0.15, -0.1) is 0 Å². The van der Waals surface area contributed by atoms with Gasteiger partial charge in [-0.1, -0.05) is 30.0 Å². The van der Waals surface area contributed by atoms with E-state index in [1.807, 2.05) is 0 Å². The molecule has 0 fully saturated rings. The van der Waals surface area contributed by atoms with E-state index < -0.39 is 10.9 Å². The van der Waals surface area contributed by atoms with E-state index >= 15 is 0 Å². The van der Waals surface area contributed by atoms with E-state index in [9.17, 15) is 20.0 Å². The average molecular weight is 442 g/mol. The van der Waals surface area contributed by atoms with Crippen molar-refractivity contribution in [2.24, 2.45) is 4.99 Å². The molecule has 160 valence electrons. The van der Waals surface area contributed by atoms with Crippen molar-refractivity contribution in [3.05, 3.63) is 74.4 Å². The number of aliphatic imine (C=N–C) groups is 1. The second-order valence-electron chi connectivity index (χ2n) is 6.10. The van der Waals surface area contributed by atoms with Crippen molar-refractivity contribution < 1.29 is 29.0 Å². The number of nitrogens with zero attached hydrogens (tertiary/aromatic N) is 2. The van der Waals surface area contributed by atoms with E-state index in [1.54, 1.807) is 30.3 Å². The Morgan fingerprint density at radius 2 is 1.90 bits per heavy atom. The van der Waals surface area contributed by atoms with E-state index in [4.69, 9.17) is 14.2 Å². The van der Waals surface area contributed by atoms with Gasteiger partial charge in [-0.3, -0.25) is 10.1 Å². The van der Waals surface area contributed by atoms with E-state index in [1.165, 1.54) is 39.5 Å². The molecule has 10 heteroatoms. The second-order valence-corrected chi connectivity index (χ2v) is 7.13. The number of carbonyl (C=O) groups is 1. The first-order valence-corrected chi connectivity index (χ1v) is 9.67. The number of ether oxygens (including phenoxy) is 3. The molecule has 9 nitrogen and oxygen atoms in total. The van der Waals surface area contributed by atoms with Gasteiger partial charge in [0.05, 0.1) is 36.8 Å². The highest BCUT2D eigenvalue weighted by molar-refractivity contribution is 8.18. The Morgan fingerprint density at radius 1 is 1.16 bits per heavy atom. The van der Waals surface area contributed by atoms with E-state index in [0.29, 0.717) is 22.0 Å². The van der Waals surface area contributed by atoms with Crippen LogP contribution in [0, 0.1) is 10.1 Å². The van der Waals surface area contributed by atoms with Gasteiger partial charge in [0, 0.05) is 17.7 Å². The van der Waals surface area contributed by atoms with Crippen LogP contribution in [0.3, 0.4) is 0 Å². The molecule has 0 saturated heterocycles. The number of thioether (sulfide) groups is 1. The van der Waals surface area contributed by atoms with Gasteiger partial charge >= 0.3 is 5.97 Å². The zero-order valence-corrected chi connectivity index (χ0v) is 17.6. The lowest BCUT2D eigenvalue weighted by molar-refractivity contribution is -0.384. The summed E-state index contributed by atoms with van der Waals surface area (Å²) in [7, 11) is 4.19. The molecule has 0 saturated carbocycles. The van der Waals surface area contributed by atoms with Gasteiger partial charge < -0.3 is 19.3 Å². The fourth-order valence-corrected chi connectivity index (χ4v) is 3.88. The Hall–Kier alpha value is -3.79. The van der Waals surface area contributed by atoms with Crippen LogP contribution in [-0.4, -0.2) is 42.4 Å². The van der Waals surface area contributed by atoms with Crippen LogP contribution in [0.15, 0.2) is 63.7 Å². The fourth-order valence-electron chi connectivity index (χ4n) is 2.85. The largest absolute Gasteiger partial charge is 0.506 e. The molecule has 31 heavy (non-hydrogen) atoms. The summed E-state index contributed by atoms with van der Waals surface area (Å²) >= 11 is 1.03. The highest BCUT2D eigenvalue weighted by Crippen LogP contribution is 2.42. The van der Waals surface area contributed by atoms with Crippen molar-refractivity contribution in [1.82, 2.24) is 0 Å². The minimum absolute atomic E-state index is 0.132. The van der Waals surface area contributed by atoms with Gasteiger partial charge in [0.25, 0.3) is 5.69 Å². The molecular weight excluding hydrogens is 424 g/mol. The number of nitro groups is 1. The maximum atomic E-state index is 12.3. The number of benzene rings is 2. The minimum Gasteiger partial charge on any atom is -0.506 e. The molecular formula is C21H18N2O7S. The number of hydrogen-bond acceptors (Lipinski definition) is 9. The molecule has 1 aliphatic heterocycles. The highest BCUT2D eigenvalue weighted by Gasteiger charge is 2.33. The predicted molar refractivity (Wildman–Crippen MR) is 117 cm³/mol. The van der Waals surface area contributed by atoms with Crippen LogP contribution >= 0.6 is 11.8 Å². The number of nitro benzene ring substituents is 1. The summed E-state index contributed by atoms with van der Waals surface area (Å²) in [6.45, 7) is 0. The highest BCUT2D eigenvalue weighted by atomic mass is 32.2. The number of para-hydroxylation sites is 1. The summed E-state index contributed by atoms with van der Waals surface area (Å²) < 4.78 is 15.5. The van der Waals surface area contributed by atoms with Crippen LogP contribution in [0.5, 0.6) is 11.5 Å². The first-order chi connectivity index (χ1) is 14.9. The van der Waals surface area contributed by atoms with E-state index in [2.05, 4.69) is 4.99 Å². The van der Waals surface area contributed by atoms with Gasteiger partial charge in [-0.2, -0.15) is 0 Å². The lowest BCUT2D eigenvalue weighted by atomic mass is 10.1.